The molecule has 5 heteroatoms. The molecule has 0 aliphatic heterocycles. The molecule has 0 bridgehead atoms. The van der Waals surface area contributed by atoms with Gasteiger partial charge in [0.15, 0.2) is 11.2 Å². The molecule has 4 nitrogen and oxygen atoms in total. The van der Waals surface area contributed by atoms with E-state index in [1.807, 2.05) is 23.5 Å². The minimum atomic E-state index is 0.862. The first-order valence-corrected chi connectivity index (χ1v) is 22.2. The van der Waals surface area contributed by atoms with Gasteiger partial charge in [0.2, 0.25) is 0 Å². The van der Waals surface area contributed by atoms with Crippen molar-refractivity contribution in [2.75, 3.05) is 9.80 Å². The summed E-state index contributed by atoms with van der Waals surface area (Å²) in [5.74, 6) is 0. The standard InChI is InChI=1S/C58H38N2O2S/c1-35-15-11-17-37(31-35)59(49-27-13-25-43-41-21-7-9-29-53(41)61-55(43)49)51-33-47-48-34-52(40-20-4-6-24-46(40)58(48)63-57(47)45-23-5-3-19-39(45)51)60(38-18-12-16-36(2)32-38)50-28-14-26-44-42-22-8-10-30-54(42)62-56(44)50/h3-34H,1-2H3. The Morgan fingerprint density at radius 3 is 1.14 bits per heavy atom. The third kappa shape index (κ3) is 5.46. The van der Waals surface area contributed by atoms with Crippen molar-refractivity contribution in [2.45, 2.75) is 13.8 Å². The van der Waals surface area contributed by atoms with Crippen molar-refractivity contribution in [1.82, 2.24) is 0 Å². The third-order valence-electron chi connectivity index (χ3n) is 12.7. The number of rotatable bonds is 6. The second kappa shape index (κ2) is 13.8. The van der Waals surface area contributed by atoms with Gasteiger partial charge >= 0.3 is 0 Å². The van der Waals surface area contributed by atoms with Gasteiger partial charge in [-0.15, -0.1) is 11.3 Å². The number of fused-ring (bicyclic) bond motifs is 13. The third-order valence-corrected chi connectivity index (χ3v) is 14.0. The van der Waals surface area contributed by atoms with E-state index in [4.69, 9.17) is 8.83 Å². The van der Waals surface area contributed by atoms with Crippen molar-refractivity contribution in [3.05, 3.63) is 205 Å². The van der Waals surface area contributed by atoms with Gasteiger partial charge < -0.3 is 18.6 Å². The van der Waals surface area contributed by atoms with E-state index in [1.165, 1.54) is 52.8 Å². The van der Waals surface area contributed by atoms with Crippen LogP contribution in [-0.4, -0.2) is 0 Å². The van der Waals surface area contributed by atoms with Crippen LogP contribution in [0.3, 0.4) is 0 Å². The lowest BCUT2D eigenvalue weighted by atomic mass is 9.99. The zero-order valence-electron chi connectivity index (χ0n) is 34.6. The molecule has 0 saturated heterocycles. The molecule has 13 rings (SSSR count). The zero-order valence-corrected chi connectivity index (χ0v) is 35.4. The lowest BCUT2D eigenvalue weighted by Gasteiger charge is -2.28. The number of hydrogen-bond acceptors (Lipinski definition) is 5. The van der Waals surface area contributed by atoms with Crippen molar-refractivity contribution < 1.29 is 8.83 Å². The number of hydrogen-bond donors (Lipinski definition) is 0. The molecule has 0 saturated carbocycles. The van der Waals surface area contributed by atoms with Crippen LogP contribution in [0.5, 0.6) is 0 Å². The van der Waals surface area contributed by atoms with Gasteiger partial charge in [0.05, 0.1) is 22.7 Å². The molecule has 0 atom stereocenters. The van der Waals surface area contributed by atoms with Crippen molar-refractivity contribution in [2.24, 2.45) is 0 Å². The highest BCUT2D eigenvalue weighted by molar-refractivity contribution is 7.27. The highest BCUT2D eigenvalue weighted by atomic mass is 32.1. The number of nitrogens with zero attached hydrogens (tertiary/aromatic N) is 2. The Morgan fingerprint density at radius 2 is 0.698 bits per heavy atom. The van der Waals surface area contributed by atoms with Gasteiger partial charge in [-0.1, -0.05) is 133 Å². The van der Waals surface area contributed by atoms with Crippen molar-refractivity contribution in [3.8, 4) is 0 Å². The Morgan fingerprint density at radius 1 is 0.317 bits per heavy atom. The fourth-order valence-electron chi connectivity index (χ4n) is 9.92. The number of anilines is 6. The smallest absolute Gasteiger partial charge is 0.159 e. The van der Waals surface area contributed by atoms with Crippen molar-refractivity contribution >= 4 is 131 Å². The van der Waals surface area contributed by atoms with Gasteiger partial charge in [0.1, 0.15) is 11.2 Å². The van der Waals surface area contributed by atoms with Crippen LogP contribution in [0.4, 0.5) is 34.1 Å². The normalized spacial score (nSPS) is 12.0. The topological polar surface area (TPSA) is 32.8 Å². The maximum Gasteiger partial charge on any atom is 0.159 e. The SMILES string of the molecule is Cc1cccc(N(c2cc3c4cc(N(c5cccc(C)c5)c5cccc6c5oc5ccccc56)c5ccccc5c4sc3c3ccccc23)c2cccc3c2oc2ccccc23)c1. The van der Waals surface area contributed by atoms with Gasteiger partial charge in [0.25, 0.3) is 0 Å². The molecule has 0 spiro atoms. The fraction of sp³-hybridized carbons (Fsp3) is 0.0345. The first-order valence-electron chi connectivity index (χ1n) is 21.4. The van der Waals surface area contributed by atoms with E-state index in [9.17, 15) is 0 Å². The maximum absolute atomic E-state index is 6.77. The Balaban J connectivity index is 1.14. The molecule has 0 fully saturated rings. The summed E-state index contributed by atoms with van der Waals surface area (Å²) in [4.78, 5) is 4.82. The zero-order chi connectivity index (χ0) is 41.8. The van der Waals surface area contributed by atoms with Crippen molar-refractivity contribution in [3.63, 3.8) is 0 Å². The molecule has 63 heavy (non-hydrogen) atoms. The summed E-state index contributed by atoms with van der Waals surface area (Å²) in [6, 6.07) is 70.0. The molecule has 0 aliphatic rings. The van der Waals surface area contributed by atoms with Crippen LogP contribution in [0.15, 0.2) is 203 Å². The number of thiophene rings is 1. The molecular weight excluding hydrogens is 789 g/mol. The minimum absolute atomic E-state index is 0.862. The molecule has 0 amide bonds. The molecule has 3 aromatic heterocycles. The molecule has 0 radical (unpaired) electrons. The van der Waals surface area contributed by atoms with E-state index in [-0.39, 0.29) is 0 Å². The number of para-hydroxylation sites is 4. The van der Waals surface area contributed by atoms with Crippen LogP contribution in [0.1, 0.15) is 11.1 Å². The average molecular weight is 827 g/mol. The first kappa shape index (κ1) is 35.9. The minimum Gasteiger partial charge on any atom is -0.454 e. The van der Waals surface area contributed by atoms with Crippen LogP contribution in [0.25, 0.3) is 85.6 Å². The number of benzene rings is 10. The summed E-state index contributed by atoms with van der Waals surface area (Å²) in [5.41, 5.74) is 12.2. The van der Waals surface area contributed by atoms with Gasteiger partial charge in [0, 0.05) is 74.6 Å². The molecular formula is C58H38N2O2S. The van der Waals surface area contributed by atoms with Crippen LogP contribution < -0.4 is 9.80 Å². The summed E-state index contributed by atoms with van der Waals surface area (Å²) >= 11 is 1.89. The van der Waals surface area contributed by atoms with Crippen molar-refractivity contribution in [1.29, 1.82) is 0 Å². The summed E-state index contributed by atoms with van der Waals surface area (Å²) in [5, 5.41) is 11.6. The predicted octanol–water partition coefficient (Wildman–Crippen LogP) is 17.7. The molecule has 298 valence electrons. The van der Waals surface area contributed by atoms with Gasteiger partial charge in [-0.3, -0.25) is 0 Å². The predicted molar refractivity (Wildman–Crippen MR) is 268 cm³/mol. The van der Waals surface area contributed by atoms with Crippen LogP contribution >= 0.6 is 11.3 Å². The van der Waals surface area contributed by atoms with E-state index < -0.39 is 0 Å². The summed E-state index contributed by atoms with van der Waals surface area (Å²) < 4.78 is 16.1. The van der Waals surface area contributed by atoms with E-state index >= 15 is 0 Å². The quantitative estimate of drug-likeness (QED) is 0.167. The largest absolute Gasteiger partial charge is 0.454 e. The van der Waals surface area contributed by atoms with E-state index in [1.54, 1.807) is 0 Å². The number of aryl methyl sites for hydroxylation is 2. The van der Waals surface area contributed by atoms with E-state index in [0.717, 1.165) is 78.0 Å². The van der Waals surface area contributed by atoms with Gasteiger partial charge in [-0.25, -0.2) is 0 Å². The summed E-state index contributed by atoms with van der Waals surface area (Å²) in [7, 11) is 0. The molecule has 0 unspecified atom stereocenters. The summed E-state index contributed by atoms with van der Waals surface area (Å²) in [6.07, 6.45) is 0. The average Bonchev–Trinajstić information content (AvgIpc) is 4.02. The van der Waals surface area contributed by atoms with E-state index in [2.05, 4.69) is 206 Å². The summed E-state index contributed by atoms with van der Waals surface area (Å²) in [6.45, 7) is 4.32. The Kier molecular flexibility index (Phi) is 7.87. The Bertz CT molecular complexity index is 3730. The highest BCUT2D eigenvalue weighted by Gasteiger charge is 2.26. The Hall–Kier alpha value is -7.86. The van der Waals surface area contributed by atoms with Crippen LogP contribution in [0, 0.1) is 13.8 Å². The van der Waals surface area contributed by atoms with Crippen LogP contribution in [-0.2, 0) is 0 Å². The second-order valence-corrected chi connectivity index (χ2v) is 17.6. The molecule has 3 heterocycles. The Labute approximate surface area is 367 Å². The fourth-order valence-corrected chi connectivity index (χ4v) is 11.3. The van der Waals surface area contributed by atoms with Gasteiger partial charge in [-0.05, 0) is 85.6 Å². The molecule has 0 N–H and O–H groups in total. The van der Waals surface area contributed by atoms with E-state index in [0.29, 0.717) is 0 Å². The lowest BCUT2D eigenvalue weighted by molar-refractivity contribution is 0.669. The molecule has 0 aliphatic carbocycles. The first-order chi connectivity index (χ1) is 31.1. The monoisotopic (exact) mass is 826 g/mol. The molecule has 10 aromatic carbocycles. The van der Waals surface area contributed by atoms with Gasteiger partial charge in [-0.2, -0.15) is 0 Å². The molecule has 13 aromatic rings. The number of furan rings is 2. The van der Waals surface area contributed by atoms with Crippen LogP contribution in [0.2, 0.25) is 0 Å². The maximum atomic E-state index is 6.77. The lowest BCUT2D eigenvalue weighted by Crippen LogP contribution is -2.11. The second-order valence-electron chi connectivity index (χ2n) is 16.6. The highest BCUT2D eigenvalue weighted by Crippen LogP contribution is 2.52.